The van der Waals surface area contributed by atoms with Gasteiger partial charge in [-0.1, -0.05) is 93.4 Å². The molecule has 17 unspecified atom stereocenters. The lowest BCUT2D eigenvalue weighted by molar-refractivity contribution is -0.282. The van der Waals surface area contributed by atoms with Crippen LogP contribution in [0.1, 0.15) is 208 Å². The van der Waals surface area contributed by atoms with Crippen molar-refractivity contribution in [2.45, 2.75) is 217 Å². The summed E-state index contributed by atoms with van der Waals surface area (Å²) in [4.78, 5) is 38.6. The lowest BCUT2D eigenvalue weighted by atomic mass is 9.27. The molecule has 17 atom stereocenters. The van der Waals surface area contributed by atoms with Crippen molar-refractivity contribution in [2.24, 2.45) is 97.9 Å². The number of nitrogens with two attached hydrogens (primary N) is 1. The Bertz CT molecular complexity index is 2890. The normalized spacial score (nSPS) is 47.8. The molecule has 77 heavy (non-hydrogen) atoms. The molecule has 18 rings (SSSR count). The van der Waals surface area contributed by atoms with Crippen LogP contribution < -0.4 is 5.73 Å². The largest absolute Gasteiger partial charge is 0.508 e. The monoisotopic (exact) mass is 1040 g/mol. The van der Waals surface area contributed by atoms with Crippen molar-refractivity contribution in [3.63, 3.8) is 0 Å². The number of rotatable bonds is 5. The highest BCUT2D eigenvalue weighted by Crippen LogP contribution is 2.89. The number of ether oxygens (including phenoxy) is 2. The van der Waals surface area contributed by atoms with E-state index in [1.807, 2.05) is 0 Å². The average molecular weight is 1040 g/mol. The van der Waals surface area contributed by atoms with Crippen LogP contribution in [0, 0.1) is 92.2 Å². The first-order chi connectivity index (χ1) is 37.6. The van der Waals surface area contributed by atoms with Crippen LogP contribution in [-0.4, -0.2) is 64.6 Å². The van der Waals surface area contributed by atoms with E-state index in [9.17, 15) is 5.11 Å². The molecule has 0 radical (unpaired) electrons. The summed E-state index contributed by atoms with van der Waals surface area (Å²) in [5, 5.41) is 14.5. The number of esters is 2. The van der Waals surface area contributed by atoms with Crippen LogP contribution in [0.4, 0.5) is 0 Å². The lowest BCUT2D eigenvalue weighted by Crippen LogP contribution is -2.78. The van der Waals surface area contributed by atoms with E-state index in [0.29, 0.717) is 106 Å². The molecule has 7 aliphatic heterocycles. The highest BCUT2D eigenvalue weighted by Gasteiger charge is 2.94. The third kappa shape index (κ3) is 5.38. The van der Waals surface area contributed by atoms with Gasteiger partial charge in [-0.2, -0.15) is 0 Å². The van der Waals surface area contributed by atoms with Crippen LogP contribution in [0.15, 0.2) is 64.3 Å². The number of nitrogens with zero attached hydrogens (tertiary/aromatic N) is 2. The average Bonchev–Trinajstić information content (AvgIpc) is 3.09. The van der Waals surface area contributed by atoms with Gasteiger partial charge in [0.05, 0.1) is 11.0 Å². The van der Waals surface area contributed by atoms with E-state index in [-0.39, 0.29) is 41.7 Å². The Morgan fingerprint density at radius 2 is 1.58 bits per heavy atom. The number of benzene rings is 1. The fraction of sp³-hybridized carbons (Fsp3) is 0.768. The molecular weight excluding hydrogens is 951 g/mol. The molecule has 8 nitrogen and oxygen atoms in total. The minimum atomic E-state index is -1.14. The molecule has 7 bridgehead atoms. The second kappa shape index (κ2) is 16.0. The lowest BCUT2D eigenvalue weighted by Gasteiger charge is -2.73. The molecule has 6 saturated carbocycles. The highest BCUT2D eigenvalue weighted by atomic mass is 16.6. The number of hydrogen-bond acceptors (Lipinski definition) is 8. The second-order valence-corrected chi connectivity index (χ2v) is 30.7. The zero-order valence-corrected chi connectivity index (χ0v) is 46.6. The molecule has 410 valence electrons. The van der Waals surface area contributed by atoms with Gasteiger partial charge in [-0.15, -0.1) is 0 Å². The minimum Gasteiger partial charge on any atom is -0.508 e. The quantitative estimate of drug-likeness (QED) is 0.222. The van der Waals surface area contributed by atoms with Crippen LogP contribution in [-0.2, 0) is 26.3 Å². The standard InChI is InChI=1S/C69H89N3O5/c1-39-31-44-18-20-52-45-32-46-38-72(52)59(44)56-48-22-29-67-61(60(73)49-19-21-53(46)71(37-45)58(49)47-35-65(25-6-7-26-65)66(36-47)28-10-27-64(66)23-4-5-24-64)76-63(75)68(67)54(69(67)51-15-8-13-41(14-9-30-70)55(51)62(74)77-69)34-42(40-11-2-3-12-40)16-17-43(57(48)68)33-50(39)56/h8,13,15-17,39-40,42-43,45-47,49-50,52-54,56,58,73H,2-7,9-12,14,18-38,70H2,1H3. The molecular formula is C69H89N3O5. The van der Waals surface area contributed by atoms with Gasteiger partial charge in [0.1, 0.15) is 11.2 Å². The zero-order chi connectivity index (χ0) is 51.2. The first-order valence-corrected chi connectivity index (χ1v) is 33.0. The Morgan fingerprint density at radius 1 is 0.779 bits per heavy atom. The molecule has 0 amide bonds. The summed E-state index contributed by atoms with van der Waals surface area (Å²) in [5.74, 6) is 4.24. The maximum atomic E-state index is 16.9. The van der Waals surface area contributed by atoms with Gasteiger partial charge < -0.3 is 25.2 Å². The van der Waals surface area contributed by atoms with Crippen molar-refractivity contribution >= 4 is 11.9 Å². The van der Waals surface area contributed by atoms with E-state index in [2.05, 4.69) is 47.1 Å². The van der Waals surface area contributed by atoms with Crippen molar-refractivity contribution in [1.82, 2.24) is 9.80 Å². The smallest absolute Gasteiger partial charge is 0.339 e. The number of piperidine rings is 3. The molecule has 8 heteroatoms. The minimum absolute atomic E-state index is 0.111. The maximum absolute atomic E-state index is 16.9. The number of carbonyl (C=O) groups excluding carboxylic acids is 2. The van der Waals surface area contributed by atoms with E-state index in [4.69, 9.17) is 15.2 Å². The summed E-state index contributed by atoms with van der Waals surface area (Å²) in [6.45, 7) is 5.47. The molecule has 7 heterocycles. The van der Waals surface area contributed by atoms with Gasteiger partial charge in [-0.05, 0) is 223 Å². The van der Waals surface area contributed by atoms with Gasteiger partial charge in [-0.3, -0.25) is 9.69 Å². The molecule has 10 aliphatic carbocycles. The Labute approximate surface area is 459 Å². The Balaban J connectivity index is 0.911. The molecule has 3 N–H and O–H groups in total. The second-order valence-electron chi connectivity index (χ2n) is 30.7. The van der Waals surface area contributed by atoms with E-state index in [1.165, 1.54) is 147 Å². The van der Waals surface area contributed by atoms with Gasteiger partial charge >= 0.3 is 11.9 Å². The molecule has 4 saturated heterocycles. The summed E-state index contributed by atoms with van der Waals surface area (Å²) in [5.41, 5.74) is 13.4. The Hall–Kier alpha value is -3.36. The summed E-state index contributed by atoms with van der Waals surface area (Å²) in [7, 11) is 0. The number of carbonyl (C=O) groups is 2. The third-order valence-corrected chi connectivity index (χ3v) is 28.9. The topological polar surface area (TPSA) is 105 Å². The molecule has 1 aromatic rings. The van der Waals surface area contributed by atoms with Gasteiger partial charge in [0.2, 0.25) is 0 Å². The Kier molecular flexibility index (Phi) is 9.83. The van der Waals surface area contributed by atoms with Gasteiger partial charge in [0.25, 0.3) is 0 Å². The fourth-order valence-corrected chi connectivity index (χ4v) is 27.0. The third-order valence-electron chi connectivity index (χ3n) is 28.9. The van der Waals surface area contributed by atoms with Crippen LogP contribution in [0.25, 0.3) is 0 Å². The van der Waals surface area contributed by atoms with Gasteiger partial charge in [-0.25, -0.2) is 4.79 Å². The van der Waals surface area contributed by atoms with Crippen LogP contribution >= 0.6 is 0 Å². The van der Waals surface area contributed by atoms with Gasteiger partial charge in [0, 0.05) is 60.2 Å². The Morgan fingerprint density at radius 3 is 2.42 bits per heavy atom. The van der Waals surface area contributed by atoms with Crippen molar-refractivity contribution in [3.8, 4) is 0 Å². The SMILES string of the molecule is CC1CC2=C3C4C5=C6C(C=CC(C7CCCC7)CC7C68C(=O)OC(=C(O)C6CCC9C%10CC(CN9C6C6CC9(CCCC9)C9(CCCC9%11CCCC%11)C6)C(CC2)N3C%10)C8(CC5)C72OC(=O)c3c(CCCN)cccc32)CC14. The van der Waals surface area contributed by atoms with E-state index < -0.39 is 16.4 Å². The first-order valence-electron chi connectivity index (χ1n) is 33.0. The molecule has 6 spiro atoms. The maximum Gasteiger partial charge on any atom is 0.339 e. The summed E-state index contributed by atoms with van der Waals surface area (Å²) in [6.07, 6.45) is 40.3. The van der Waals surface area contributed by atoms with Crippen LogP contribution in [0.2, 0.25) is 0 Å². The number of fused-ring (bicyclic) bond motifs is 10. The van der Waals surface area contributed by atoms with Crippen molar-refractivity contribution in [2.75, 3.05) is 19.6 Å². The fourth-order valence-electron chi connectivity index (χ4n) is 27.0. The predicted molar refractivity (Wildman–Crippen MR) is 296 cm³/mol. The van der Waals surface area contributed by atoms with E-state index in [1.54, 1.807) is 16.8 Å². The number of allylic oxidation sites excluding steroid dienone is 4. The first kappa shape index (κ1) is 47.3. The molecule has 1 aromatic carbocycles. The predicted octanol–water partition coefficient (Wildman–Crippen LogP) is 13.6. The van der Waals surface area contributed by atoms with Crippen LogP contribution in [0.5, 0.6) is 0 Å². The van der Waals surface area contributed by atoms with E-state index in [0.717, 1.165) is 56.2 Å². The number of aliphatic hydroxyl groups excluding tert-OH is 1. The van der Waals surface area contributed by atoms with Crippen molar-refractivity contribution in [1.29, 1.82) is 0 Å². The summed E-state index contributed by atoms with van der Waals surface area (Å²) in [6, 6.07) is 7.81. The van der Waals surface area contributed by atoms with E-state index >= 15 is 9.59 Å². The number of aryl methyl sites for hydroxylation is 1. The molecule has 0 aromatic heterocycles. The van der Waals surface area contributed by atoms with Crippen LogP contribution in [0.3, 0.4) is 0 Å². The zero-order valence-electron chi connectivity index (χ0n) is 46.6. The highest BCUT2D eigenvalue weighted by molar-refractivity contribution is 6.00. The van der Waals surface area contributed by atoms with Gasteiger partial charge in [0.15, 0.2) is 11.4 Å². The van der Waals surface area contributed by atoms with Crippen molar-refractivity contribution in [3.05, 3.63) is 81.0 Å². The molecule has 17 aliphatic rings. The molecule has 10 fully saturated rings. The summed E-state index contributed by atoms with van der Waals surface area (Å²) >= 11 is 0. The van der Waals surface area contributed by atoms with Crippen molar-refractivity contribution < 1.29 is 24.2 Å². The number of aliphatic hydroxyl groups is 1. The summed E-state index contributed by atoms with van der Waals surface area (Å²) < 4.78 is 15.1. The number of hydrogen-bond donors (Lipinski definition) is 2.